The number of benzene rings is 1. The Morgan fingerprint density at radius 3 is 2.52 bits per heavy atom. The molecule has 1 aromatic heterocycles. The highest BCUT2D eigenvalue weighted by atomic mass is 16.5. The van der Waals surface area contributed by atoms with Crippen molar-refractivity contribution in [2.24, 2.45) is 0 Å². The van der Waals surface area contributed by atoms with Crippen LogP contribution >= 0.6 is 0 Å². The molecule has 0 aliphatic carbocycles. The summed E-state index contributed by atoms with van der Waals surface area (Å²) < 4.78 is 11.0. The molecule has 2 aromatic rings. The van der Waals surface area contributed by atoms with Gasteiger partial charge in [0, 0.05) is 12.1 Å². The van der Waals surface area contributed by atoms with E-state index in [4.69, 9.17) is 9.15 Å². The van der Waals surface area contributed by atoms with Gasteiger partial charge in [0.1, 0.15) is 11.5 Å². The minimum absolute atomic E-state index is 0.0102. The van der Waals surface area contributed by atoms with Gasteiger partial charge in [0.25, 0.3) is 5.91 Å². The Morgan fingerprint density at radius 1 is 1.10 bits per heavy atom. The number of nitrogens with zero attached hydrogens (tertiary/aromatic N) is 1. The molecule has 1 aromatic carbocycles. The van der Waals surface area contributed by atoms with Crippen LogP contribution in [0.3, 0.4) is 0 Å². The summed E-state index contributed by atoms with van der Waals surface area (Å²) in [6.07, 6.45) is 5.21. The zero-order chi connectivity index (χ0) is 20.5. The van der Waals surface area contributed by atoms with E-state index in [0.29, 0.717) is 24.5 Å². The molecule has 2 N–H and O–H groups in total. The first-order chi connectivity index (χ1) is 14.2. The second kappa shape index (κ2) is 10.7. The molecular formula is C22H29N3O4. The molecule has 1 fully saturated rings. The molecular weight excluding hydrogens is 370 g/mol. The average molecular weight is 399 g/mol. The molecule has 1 aliphatic heterocycles. The van der Waals surface area contributed by atoms with Crippen LogP contribution in [0.4, 0.5) is 0 Å². The van der Waals surface area contributed by atoms with E-state index in [2.05, 4.69) is 15.5 Å². The van der Waals surface area contributed by atoms with E-state index in [0.717, 1.165) is 31.7 Å². The van der Waals surface area contributed by atoms with Crippen LogP contribution < -0.4 is 15.4 Å². The van der Waals surface area contributed by atoms with Crippen LogP contribution in [0.25, 0.3) is 0 Å². The largest absolute Gasteiger partial charge is 0.494 e. The SMILES string of the molecule is CCOc1ccc(C(=O)NCC(=O)NC[C@H](c2ccco2)N2CCCCC2)cc1. The van der Waals surface area contributed by atoms with Gasteiger partial charge >= 0.3 is 0 Å². The van der Waals surface area contributed by atoms with Crippen LogP contribution in [0.2, 0.25) is 0 Å². The lowest BCUT2D eigenvalue weighted by atomic mass is 10.1. The fourth-order valence-electron chi connectivity index (χ4n) is 3.53. The van der Waals surface area contributed by atoms with Crippen molar-refractivity contribution in [1.82, 2.24) is 15.5 Å². The fraction of sp³-hybridized carbons (Fsp3) is 0.455. The van der Waals surface area contributed by atoms with Crippen molar-refractivity contribution >= 4 is 11.8 Å². The topological polar surface area (TPSA) is 83.8 Å². The molecule has 1 aliphatic rings. The van der Waals surface area contributed by atoms with E-state index in [1.54, 1.807) is 30.5 Å². The third-order valence-electron chi connectivity index (χ3n) is 5.03. The standard InChI is InChI=1S/C22H29N3O4/c1-2-28-18-10-8-17(9-11-18)22(27)24-16-21(26)23-15-19(20-7-6-14-29-20)25-12-4-3-5-13-25/h6-11,14,19H,2-5,12-13,15-16H2,1H3,(H,23,26)(H,24,27)/t19-/m1/s1. The molecule has 1 atom stereocenters. The number of likely N-dealkylation sites (tertiary alicyclic amines) is 1. The van der Waals surface area contributed by atoms with Crippen LogP contribution in [0.15, 0.2) is 47.1 Å². The zero-order valence-electron chi connectivity index (χ0n) is 16.9. The van der Waals surface area contributed by atoms with E-state index in [1.807, 2.05) is 19.1 Å². The quantitative estimate of drug-likeness (QED) is 0.677. The fourth-order valence-corrected chi connectivity index (χ4v) is 3.53. The van der Waals surface area contributed by atoms with Crippen molar-refractivity contribution in [3.05, 3.63) is 54.0 Å². The van der Waals surface area contributed by atoms with Crippen molar-refractivity contribution in [3.8, 4) is 5.75 Å². The molecule has 0 unspecified atom stereocenters. The van der Waals surface area contributed by atoms with Gasteiger partial charge in [-0.05, 0) is 69.3 Å². The van der Waals surface area contributed by atoms with E-state index < -0.39 is 0 Å². The molecule has 156 valence electrons. The Balaban J connectivity index is 1.48. The Hall–Kier alpha value is -2.80. The maximum atomic E-state index is 12.3. The van der Waals surface area contributed by atoms with Crippen molar-refractivity contribution in [3.63, 3.8) is 0 Å². The molecule has 0 saturated carbocycles. The summed E-state index contributed by atoms with van der Waals surface area (Å²) in [5, 5.41) is 5.59. The van der Waals surface area contributed by atoms with E-state index >= 15 is 0 Å². The Bertz CT molecular complexity index is 768. The smallest absolute Gasteiger partial charge is 0.251 e. The highest BCUT2D eigenvalue weighted by Crippen LogP contribution is 2.24. The minimum atomic E-state index is -0.290. The molecule has 7 heteroatoms. The van der Waals surface area contributed by atoms with Crippen molar-refractivity contribution in [2.45, 2.75) is 32.2 Å². The van der Waals surface area contributed by atoms with Gasteiger partial charge in [0.2, 0.25) is 5.91 Å². The number of ether oxygens (including phenoxy) is 1. The normalized spacial score (nSPS) is 15.5. The number of piperidine rings is 1. The number of hydrogen-bond acceptors (Lipinski definition) is 5. The average Bonchev–Trinajstić information content (AvgIpc) is 3.28. The molecule has 0 radical (unpaired) electrons. The lowest BCUT2D eigenvalue weighted by Crippen LogP contribution is -2.43. The van der Waals surface area contributed by atoms with Crippen LogP contribution in [-0.4, -0.2) is 49.5 Å². The Morgan fingerprint density at radius 2 is 1.86 bits per heavy atom. The monoisotopic (exact) mass is 399 g/mol. The van der Waals surface area contributed by atoms with Gasteiger partial charge in [-0.2, -0.15) is 0 Å². The number of carbonyl (C=O) groups excluding carboxylic acids is 2. The number of carbonyl (C=O) groups is 2. The van der Waals surface area contributed by atoms with Gasteiger partial charge in [0.15, 0.2) is 0 Å². The summed E-state index contributed by atoms with van der Waals surface area (Å²) in [5.41, 5.74) is 0.489. The summed E-state index contributed by atoms with van der Waals surface area (Å²) in [5.74, 6) is 1.05. The van der Waals surface area contributed by atoms with Crippen LogP contribution in [0, 0.1) is 0 Å². The molecule has 2 heterocycles. The molecule has 3 rings (SSSR count). The van der Waals surface area contributed by atoms with E-state index in [1.165, 1.54) is 6.42 Å². The summed E-state index contributed by atoms with van der Waals surface area (Å²) in [6, 6.07) is 10.7. The molecule has 29 heavy (non-hydrogen) atoms. The molecule has 2 amide bonds. The number of furan rings is 1. The maximum absolute atomic E-state index is 12.3. The first kappa shape index (κ1) is 20.9. The Kier molecular flexibility index (Phi) is 7.69. The third kappa shape index (κ3) is 6.09. The number of hydrogen-bond donors (Lipinski definition) is 2. The highest BCUT2D eigenvalue weighted by Gasteiger charge is 2.24. The number of nitrogens with one attached hydrogen (secondary N) is 2. The maximum Gasteiger partial charge on any atom is 0.251 e. The summed E-state index contributed by atoms with van der Waals surface area (Å²) in [6.45, 7) is 4.84. The summed E-state index contributed by atoms with van der Waals surface area (Å²) in [7, 11) is 0. The molecule has 0 bridgehead atoms. The van der Waals surface area contributed by atoms with Crippen LogP contribution in [0.1, 0.15) is 48.3 Å². The zero-order valence-corrected chi connectivity index (χ0v) is 16.9. The second-order valence-electron chi connectivity index (χ2n) is 7.07. The van der Waals surface area contributed by atoms with Crippen molar-refractivity contribution in [2.75, 3.05) is 32.8 Å². The van der Waals surface area contributed by atoms with Crippen molar-refractivity contribution < 1.29 is 18.7 Å². The van der Waals surface area contributed by atoms with Gasteiger partial charge in [-0.25, -0.2) is 0 Å². The van der Waals surface area contributed by atoms with Crippen LogP contribution in [0.5, 0.6) is 5.75 Å². The number of rotatable bonds is 9. The van der Waals surface area contributed by atoms with Gasteiger partial charge in [-0.15, -0.1) is 0 Å². The summed E-state index contributed by atoms with van der Waals surface area (Å²) in [4.78, 5) is 26.9. The third-order valence-corrected chi connectivity index (χ3v) is 5.03. The lowest BCUT2D eigenvalue weighted by molar-refractivity contribution is -0.120. The molecule has 0 spiro atoms. The first-order valence-corrected chi connectivity index (χ1v) is 10.2. The summed E-state index contributed by atoms with van der Waals surface area (Å²) >= 11 is 0. The lowest BCUT2D eigenvalue weighted by Gasteiger charge is -2.33. The second-order valence-corrected chi connectivity index (χ2v) is 7.07. The van der Waals surface area contributed by atoms with Gasteiger partial charge in [-0.3, -0.25) is 14.5 Å². The van der Waals surface area contributed by atoms with Gasteiger partial charge in [0.05, 0.1) is 25.5 Å². The van der Waals surface area contributed by atoms with Crippen LogP contribution in [-0.2, 0) is 4.79 Å². The molecule has 7 nitrogen and oxygen atoms in total. The van der Waals surface area contributed by atoms with Gasteiger partial charge < -0.3 is 19.8 Å². The number of amides is 2. The highest BCUT2D eigenvalue weighted by molar-refractivity contribution is 5.96. The van der Waals surface area contributed by atoms with E-state index in [9.17, 15) is 9.59 Å². The Labute approximate surface area is 171 Å². The molecule has 1 saturated heterocycles. The predicted molar refractivity (Wildman–Crippen MR) is 110 cm³/mol. The van der Waals surface area contributed by atoms with Crippen molar-refractivity contribution in [1.29, 1.82) is 0 Å². The van der Waals surface area contributed by atoms with Gasteiger partial charge in [-0.1, -0.05) is 6.42 Å². The van der Waals surface area contributed by atoms with E-state index in [-0.39, 0.29) is 24.4 Å². The minimum Gasteiger partial charge on any atom is -0.494 e. The predicted octanol–water partition coefficient (Wildman–Crippen LogP) is 2.75. The first-order valence-electron chi connectivity index (χ1n) is 10.2.